The molecule has 0 unspecified atom stereocenters. The molecule has 0 aliphatic rings. The maximum atomic E-state index is 5.35. The highest BCUT2D eigenvalue weighted by Crippen LogP contribution is 2.41. The lowest BCUT2D eigenvalue weighted by molar-refractivity contribution is 1.18. The number of fused-ring (bicyclic) bond motifs is 6. The van der Waals surface area contributed by atoms with Crippen molar-refractivity contribution < 1.29 is 0 Å². The lowest BCUT2D eigenvalue weighted by Crippen LogP contribution is -1.96. The number of hydrogen-bond acceptors (Lipinski definition) is 3. The SMILES string of the molecule is c1ccc(-c2cccc(-c3cc(-c4ccc(-c5nc6ccccc6c6c(-c7cccc(-n8c9ccccc9c9ccccc98)c7)cccc56)cc4)nc(-c4ccccc4)n3)c2)cc1. The van der Waals surface area contributed by atoms with E-state index in [1.165, 1.54) is 38.3 Å². The van der Waals surface area contributed by atoms with Gasteiger partial charge in [-0.1, -0.05) is 188 Å². The van der Waals surface area contributed by atoms with Gasteiger partial charge in [-0.25, -0.2) is 15.0 Å². The Labute approximate surface area is 365 Å². The Morgan fingerprint density at radius 1 is 0.302 bits per heavy atom. The van der Waals surface area contributed by atoms with Crippen LogP contribution in [0.4, 0.5) is 0 Å². The van der Waals surface area contributed by atoms with Crippen LogP contribution in [0, 0.1) is 0 Å². The summed E-state index contributed by atoms with van der Waals surface area (Å²) in [6.07, 6.45) is 0. The van der Waals surface area contributed by atoms with E-state index in [4.69, 9.17) is 15.0 Å². The molecule has 0 N–H and O–H groups in total. The molecule has 4 nitrogen and oxygen atoms in total. The van der Waals surface area contributed by atoms with Crippen molar-refractivity contribution in [3.05, 3.63) is 231 Å². The van der Waals surface area contributed by atoms with Gasteiger partial charge < -0.3 is 4.57 Å². The van der Waals surface area contributed by atoms with Crippen molar-refractivity contribution in [2.75, 3.05) is 0 Å². The van der Waals surface area contributed by atoms with Crippen LogP contribution >= 0.6 is 0 Å². The molecule has 12 rings (SSSR count). The van der Waals surface area contributed by atoms with Crippen molar-refractivity contribution in [3.63, 3.8) is 0 Å². The van der Waals surface area contributed by atoms with Crippen molar-refractivity contribution in [2.24, 2.45) is 0 Å². The molecule has 63 heavy (non-hydrogen) atoms. The molecule has 3 aromatic heterocycles. The second-order valence-corrected chi connectivity index (χ2v) is 16.0. The van der Waals surface area contributed by atoms with E-state index in [9.17, 15) is 0 Å². The van der Waals surface area contributed by atoms with Gasteiger partial charge in [0, 0.05) is 54.9 Å². The van der Waals surface area contributed by atoms with Gasteiger partial charge in [0.2, 0.25) is 0 Å². The molecular weight excluding hydrogens is 765 g/mol. The number of benzene rings is 9. The first kappa shape index (κ1) is 36.4. The molecule has 4 heteroatoms. The molecule has 0 saturated heterocycles. The molecule has 0 aliphatic carbocycles. The molecule has 0 aliphatic heterocycles. The standard InChI is InChI=1S/C59H38N4/c1-3-16-39(17-4-1)43-20-13-22-45(36-43)54-38-53(61-59(62-54)42-18-5-2-6-19-42)40-32-34-41(35-33-40)58-51-28-15-27-47(57(51)50-26-7-10-29-52(50)60-58)44-21-14-23-46(37-44)63-55-30-11-8-24-48(55)49-25-9-12-31-56(49)63/h1-38H. The number of nitrogens with zero attached hydrogens (tertiary/aromatic N) is 4. The van der Waals surface area contributed by atoms with Crippen LogP contribution in [0.5, 0.6) is 0 Å². The summed E-state index contributed by atoms with van der Waals surface area (Å²) < 4.78 is 2.39. The van der Waals surface area contributed by atoms with Crippen LogP contribution in [0.3, 0.4) is 0 Å². The second kappa shape index (κ2) is 15.2. The van der Waals surface area contributed by atoms with Gasteiger partial charge in [-0.15, -0.1) is 0 Å². The number of hydrogen-bond donors (Lipinski definition) is 0. The van der Waals surface area contributed by atoms with Crippen LogP contribution in [0.25, 0.3) is 117 Å². The minimum Gasteiger partial charge on any atom is -0.309 e. The quantitative estimate of drug-likeness (QED) is 0.151. The van der Waals surface area contributed by atoms with E-state index < -0.39 is 0 Å². The Hall–Kier alpha value is -8.47. The molecule has 3 heterocycles. The fraction of sp³-hybridized carbons (Fsp3) is 0. The molecule has 0 spiro atoms. The van der Waals surface area contributed by atoms with Crippen LogP contribution in [0.2, 0.25) is 0 Å². The second-order valence-electron chi connectivity index (χ2n) is 16.0. The van der Waals surface area contributed by atoms with E-state index in [2.05, 4.69) is 211 Å². The predicted octanol–water partition coefficient (Wildman–Crippen LogP) is 15.3. The van der Waals surface area contributed by atoms with Gasteiger partial charge in [-0.2, -0.15) is 0 Å². The third kappa shape index (κ3) is 6.44. The van der Waals surface area contributed by atoms with E-state index in [1.54, 1.807) is 0 Å². The third-order valence-corrected chi connectivity index (χ3v) is 12.2. The largest absolute Gasteiger partial charge is 0.309 e. The predicted molar refractivity (Wildman–Crippen MR) is 262 cm³/mol. The lowest BCUT2D eigenvalue weighted by atomic mass is 9.92. The first-order valence-electron chi connectivity index (χ1n) is 21.4. The molecule has 294 valence electrons. The minimum absolute atomic E-state index is 0.689. The van der Waals surface area contributed by atoms with E-state index in [0.29, 0.717) is 5.82 Å². The maximum absolute atomic E-state index is 5.35. The Bertz CT molecular complexity index is 3610. The highest BCUT2D eigenvalue weighted by atomic mass is 15.0. The molecule has 9 aromatic carbocycles. The Morgan fingerprint density at radius 2 is 0.841 bits per heavy atom. The highest BCUT2D eigenvalue weighted by molar-refractivity contribution is 6.17. The van der Waals surface area contributed by atoms with E-state index in [1.807, 2.05) is 24.3 Å². The Balaban J connectivity index is 0.974. The fourth-order valence-electron chi connectivity index (χ4n) is 9.22. The number of aromatic nitrogens is 4. The zero-order valence-corrected chi connectivity index (χ0v) is 34.2. The van der Waals surface area contributed by atoms with Crippen molar-refractivity contribution >= 4 is 43.5 Å². The molecule has 12 aromatic rings. The Kier molecular flexibility index (Phi) is 8.79. The number of rotatable bonds is 7. The van der Waals surface area contributed by atoms with Gasteiger partial charge in [-0.05, 0) is 64.7 Å². The molecule has 0 atom stereocenters. The molecule has 0 fully saturated rings. The maximum Gasteiger partial charge on any atom is 0.160 e. The summed E-state index contributed by atoms with van der Waals surface area (Å²) in [6.45, 7) is 0. The van der Waals surface area contributed by atoms with Crippen molar-refractivity contribution in [2.45, 2.75) is 0 Å². The molecule has 0 radical (unpaired) electrons. The summed E-state index contributed by atoms with van der Waals surface area (Å²) in [4.78, 5) is 15.6. The summed E-state index contributed by atoms with van der Waals surface area (Å²) in [5.74, 6) is 0.689. The van der Waals surface area contributed by atoms with Gasteiger partial charge in [0.25, 0.3) is 0 Å². The number of para-hydroxylation sites is 3. The monoisotopic (exact) mass is 802 g/mol. The van der Waals surface area contributed by atoms with Crippen LogP contribution in [-0.4, -0.2) is 19.5 Å². The van der Waals surface area contributed by atoms with Crippen molar-refractivity contribution in [3.8, 4) is 73.1 Å². The summed E-state index contributed by atoms with van der Waals surface area (Å²) in [6, 6.07) is 81.5. The summed E-state index contributed by atoms with van der Waals surface area (Å²) in [7, 11) is 0. The van der Waals surface area contributed by atoms with E-state index >= 15 is 0 Å². The van der Waals surface area contributed by atoms with Gasteiger partial charge >= 0.3 is 0 Å². The normalized spacial score (nSPS) is 11.5. The molecule has 0 bridgehead atoms. The Morgan fingerprint density at radius 3 is 1.59 bits per heavy atom. The van der Waals surface area contributed by atoms with Gasteiger partial charge in [0.1, 0.15) is 0 Å². The summed E-state index contributed by atoms with van der Waals surface area (Å²) >= 11 is 0. The average molecular weight is 803 g/mol. The zero-order chi connectivity index (χ0) is 41.7. The molecule has 0 saturated carbocycles. The molecule has 0 amide bonds. The first-order chi connectivity index (χ1) is 31.2. The van der Waals surface area contributed by atoms with E-state index in [-0.39, 0.29) is 0 Å². The van der Waals surface area contributed by atoms with Crippen LogP contribution in [-0.2, 0) is 0 Å². The van der Waals surface area contributed by atoms with Gasteiger partial charge in [-0.3, -0.25) is 0 Å². The average Bonchev–Trinajstić information content (AvgIpc) is 3.71. The van der Waals surface area contributed by atoms with E-state index in [0.717, 1.165) is 72.4 Å². The fourth-order valence-corrected chi connectivity index (χ4v) is 9.22. The minimum atomic E-state index is 0.689. The summed E-state index contributed by atoms with van der Waals surface area (Å²) in [5, 5.41) is 5.93. The third-order valence-electron chi connectivity index (χ3n) is 12.2. The first-order valence-corrected chi connectivity index (χ1v) is 21.4. The zero-order valence-electron chi connectivity index (χ0n) is 34.2. The van der Waals surface area contributed by atoms with Crippen LogP contribution < -0.4 is 0 Å². The van der Waals surface area contributed by atoms with Crippen molar-refractivity contribution in [1.29, 1.82) is 0 Å². The van der Waals surface area contributed by atoms with Crippen LogP contribution in [0.15, 0.2) is 231 Å². The topological polar surface area (TPSA) is 43.6 Å². The number of pyridine rings is 1. The van der Waals surface area contributed by atoms with Gasteiger partial charge in [0.15, 0.2) is 5.82 Å². The molecular formula is C59H38N4. The summed E-state index contributed by atoms with van der Waals surface area (Å²) in [5.41, 5.74) is 15.9. The highest BCUT2D eigenvalue weighted by Gasteiger charge is 2.18. The van der Waals surface area contributed by atoms with Crippen LogP contribution in [0.1, 0.15) is 0 Å². The smallest absolute Gasteiger partial charge is 0.160 e. The lowest BCUT2D eigenvalue weighted by Gasteiger charge is -2.16. The van der Waals surface area contributed by atoms with Gasteiger partial charge in [0.05, 0.1) is 33.6 Å². The van der Waals surface area contributed by atoms with Crippen molar-refractivity contribution in [1.82, 2.24) is 19.5 Å².